The van der Waals surface area contributed by atoms with Crippen molar-refractivity contribution in [3.05, 3.63) is 30.6 Å². The Hall–Kier alpha value is -1.47. The normalized spacial score (nSPS) is 12.6. The highest BCUT2D eigenvalue weighted by atomic mass is 32.2. The molecule has 0 bridgehead atoms. The van der Waals surface area contributed by atoms with Gasteiger partial charge < -0.3 is 0 Å². The zero-order valence-corrected chi connectivity index (χ0v) is 8.53. The fraction of sp³-hybridized carbons (Fsp3) is 0.200. The van der Waals surface area contributed by atoms with E-state index in [0.717, 1.165) is 10.7 Å². The van der Waals surface area contributed by atoms with E-state index in [1.807, 2.05) is 41.9 Å². The Bertz CT molecular complexity index is 483. The van der Waals surface area contributed by atoms with Crippen molar-refractivity contribution in [3.8, 4) is 6.07 Å². The van der Waals surface area contributed by atoms with Crippen LogP contribution in [0.5, 0.6) is 0 Å². The fourth-order valence-corrected chi connectivity index (χ4v) is 1.95. The van der Waals surface area contributed by atoms with Crippen molar-refractivity contribution in [2.24, 2.45) is 0 Å². The molecule has 0 N–H and O–H groups in total. The summed E-state index contributed by atoms with van der Waals surface area (Å²) in [6.07, 6.45) is 3.77. The molecule has 0 radical (unpaired) electrons. The van der Waals surface area contributed by atoms with Crippen molar-refractivity contribution in [1.29, 1.82) is 5.26 Å². The van der Waals surface area contributed by atoms with Gasteiger partial charge in [-0.25, -0.2) is 4.98 Å². The summed E-state index contributed by atoms with van der Waals surface area (Å²) < 4.78 is 1.98. The van der Waals surface area contributed by atoms with Crippen LogP contribution in [0.1, 0.15) is 6.92 Å². The second-order valence-corrected chi connectivity index (χ2v) is 4.23. The zero-order valence-electron chi connectivity index (χ0n) is 7.71. The average molecular weight is 203 g/mol. The number of imidazole rings is 1. The van der Waals surface area contributed by atoms with Gasteiger partial charge in [0.05, 0.1) is 23.0 Å². The number of nitrogens with zero attached hydrogens (tertiary/aromatic N) is 3. The van der Waals surface area contributed by atoms with Gasteiger partial charge in [-0.15, -0.1) is 0 Å². The Morgan fingerprint density at radius 1 is 1.57 bits per heavy atom. The molecule has 0 aromatic carbocycles. The monoisotopic (exact) mass is 203 g/mol. The first-order valence-electron chi connectivity index (χ1n) is 4.29. The Kier molecular flexibility index (Phi) is 2.42. The van der Waals surface area contributed by atoms with Crippen LogP contribution in [0.25, 0.3) is 5.52 Å². The predicted octanol–water partition coefficient (Wildman–Crippen LogP) is 2.34. The van der Waals surface area contributed by atoms with E-state index in [0.29, 0.717) is 0 Å². The zero-order chi connectivity index (χ0) is 9.97. The van der Waals surface area contributed by atoms with Gasteiger partial charge in [0.1, 0.15) is 0 Å². The summed E-state index contributed by atoms with van der Waals surface area (Å²) in [7, 11) is 0. The second kappa shape index (κ2) is 3.72. The molecule has 0 spiro atoms. The quantitative estimate of drug-likeness (QED) is 0.703. The first-order valence-corrected chi connectivity index (χ1v) is 5.17. The van der Waals surface area contributed by atoms with E-state index in [4.69, 9.17) is 5.26 Å². The SMILES string of the molecule is C[C@H](C#N)Sc1ncc2ccccn12. The van der Waals surface area contributed by atoms with Gasteiger partial charge in [-0.2, -0.15) is 5.26 Å². The molecule has 0 unspecified atom stereocenters. The molecule has 2 aromatic heterocycles. The molecular formula is C10H9N3S. The van der Waals surface area contributed by atoms with E-state index < -0.39 is 0 Å². The summed E-state index contributed by atoms with van der Waals surface area (Å²) in [5.41, 5.74) is 1.06. The van der Waals surface area contributed by atoms with E-state index in [9.17, 15) is 0 Å². The smallest absolute Gasteiger partial charge is 0.173 e. The number of fused-ring (bicyclic) bond motifs is 1. The lowest BCUT2D eigenvalue weighted by Gasteiger charge is -2.00. The molecule has 3 nitrogen and oxygen atoms in total. The molecule has 70 valence electrons. The standard InChI is InChI=1S/C10H9N3S/c1-8(6-11)14-10-12-7-9-4-2-3-5-13(9)10/h2-5,7-8H,1H3/t8-/m1/s1. The van der Waals surface area contributed by atoms with Crippen LogP contribution in [0.4, 0.5) is 0 Å². The Morgan fingerprint density at radius 2 is 2.43 bits per heavy atom. The largest absolute Gasteiger partial charge is 0.295 e. The van der Waals surface area contributed by atoms with E-state index in [2.05, 4.69) is 11.1 Å². The highest BCUT2D eigenvalue weighted by Crippen LogP contribution is 2.22. The lowest BCUT2D eigenvalue weighted by atomic mass is 10.4. The van der Waals surface area contributed by atoms with E-state index >= 15 is 0 Å². The summed E-state index contributed by atoms with van der Waals surface area (Å²) in [6.45, 7) is 1.87. The molecule has 4 heteroatoms. The number of nitriles is 1. The van der Waals surface area contributed by atoms with Gasteiger partial charge in [0.25, 0.3) is 0 Å². The van der Waals surface area contributed by atoms with Crippen molar-refractivity contribution in [1.82, 2.24) is 9.38 Å². The van der Waals surface area contributed by atoms with Crippen molar-refractivity contribution >= 4 is 17.3 Å². The van der Waals surface area contributed by atoms with Gasteiger partial charge in [-0.05, 0) is 19.1 Å². The molecule has 0 saturated heterocycles. The van der Waals surface area contributed by atoms with Crippen molar-refractivity contribution in [2.75, 3.05) is 0 Å². The summed E-state index contributed by atoms with van der Waals surface area (Å²) >= 11 is 1.47. The molecule has 2 rings (SSSR count). The lowest BCUT2D eigenvalue weighted by Crippen LogP contribution is -1.93. The number of rotatable bonds is 2. The summed E-state index contributed by atoms with van der Waals surface area (Å²) in [4.78, 5) is 4.26. The maximum atomic E-state index is 8.70. The molecule has 1 atom stereocenters. The summed E-state index contributed by atoms with van der Waals surface area (Å²) in [5, 5.41) is 9.50. The third kappa shape index (κ3) is 1.59. The molecule has 14 heavy (non-hydrogen) atoms. The number of pyridine rings is 1. The minimum atomic E-state index is -0.0687. The van der Waals surface area contributed by atoms with Gasteiger partial charge in [0, 0.05) is 6.20 Å². The highest BCUT2D eigenvalue weighted by molar-refractivity contribution is 8.00. The minimum absolute atomic E-state index is 0.0687. The molecule has 0 aliphatic heterocycles. The van der Waals surface area contributed by atoms with Gasteiger partial charge in [0.15, 0.2) is 5.16 Å². The van der Waals surface area contributed by atoms with Crippen LogP contribution < -0.4 is 0 Å². The first-order chi connectivity index (χ1) is 6.81. The van der Waals surface area contributed by atoms with E-state index in [1.165, 1.54) is 11.8 Å². The van der Waals surface area contributed by atoms with Gasteiger partial charge >= 0.3 is 0 Å². The number of aromatic nitrogens is 2. The van der Waals surface area contributed by atoms with Crippen molar-refractivity contribution in [2.45, 2.75) is 17.3 Å². The number of hydrogen-bond donors (Lipinski definition) is 0. The fourth-order valence-electron chi connectivity index (χ4n) is 1.19. The molecular weight excluding hydrogens is 194 g/mol. The molecule has 0 amide bonds. The molecule has 2 aromatic rings. The Balaban J connectivity index is 2.39. The second-order valence-electron chi connectivity index (χ2n) is 2.93. The third-order valence-corrected chi connectivity index (χ3v) is 2.84. The van der Waals surface area contributed by atoms with Crippen LogP contribution in [-0.2, 0) is 0 Å². The lowest BCUT2D eigenvalue weighted by molar-refractivity contribution is 0.954. The van der Waals surface area contributed by atoms with Gasteiger partial charge in [-0.1, -0.05) is 17.8 Å². The highest BCUT2D eigenvalue weighted by Gasteiger charge is 2.07. The number of hydrogen-bond acceptors (Lipinski definition) is 3. The molecule has 0 fully saturated rings. The van der Waals surface area contributed by atoms with Crippen LogP contribution >= 0.6 is 11.8 Å². The maximum absolute atomic E-state index is 8.70. The maximum Gasteiger partial charge on any atom is 0.173 e. The summed E-state index contributed by atoms with van der Waals surface area (Å²) in [6, 6.07) is 8.10. The Labute approximate surface area is 86.4 Å². The van der Waals surface area contributed by atoms with Crippen molar-refractivity contribution in [3.63, 3.8) is 0 Å². The minimum Gasteiger partial charge on any atom is -0.295 e. The van der Waals surface area contributed by atoms with E-state index in [1.54, 1.807) is 0 Å². The summed E-state index contributed by atoms with van der Waals surface area (Å²) in [5.74, 6) is 0. The molecule has 2 heterocycles. The Morgan fingerprint density at radius 3 is 3.21 bits per heavy atom. The van der Waals surface area contributed by atoms with Crippen LogP contribution in [0.3, 0.4) is 0 Å². The van der Waals surface area contributed by atoms with Crippen molar-refractivity contribution < 1.29 is 0 Å². The van der Waals surface area contributed by atoms with Gasteiger partial charge in [-0.3, -0.25) is 4.40 Å². The van der Waals surface area contributed by atoms with Crippen LogP contribution in [-0.4, -0.2) is 14.6 Å². The van der Waals surface area contributed by atoms with E-state index in [-0.39, 0.29) is 5.25 Å². The van der Waals surface area contributed by atoms with Crippen LogP contribution in [0.15, 0.2) is 35.7 Å². The topological polar surface area (TPSA) is 41.1 Å². The molecule has 0 aliphatic rings. The first kappa shape index (κ1) is 9.10. The molecule has 0 aliphatic carbocycles. The van der Waals surface area contributed by atoms with Crippen LogP contribution in [0, 0.1) is 11.3 Å². The van der Waals surface area contributed by atoms with Gasteiger partial charge in [0.2, 0.25) is 0 Å². The third-order valence-electron chi connectivity index (χ3n) is 1.87. The average Bonchev–Trinajstić information content (AvgIpc) is 2.62. The van der Waals surface area contributed by atoms with Crippen LogP contribution in [0.2, 0.25) is 0 Å². The number of thioether (sulfide) groups is 1. The molecule has 0 saturated carbocycles. The predicted molar refractivity (Wildman–Crippen MR) is 56.1 cm³/mol.